The van der Waals surface area contributed by atoms with Gasteiger partial charge in [-0.3, -0.25) is 4.98 Å². The average Bonchev–Trinajstić information content (AvgIpc) is 2.19. The molecule has 13 heavy (non-hydrogen) atoms. The molecule has 0 unspecified atom stereocenters. The largest absolute Gasteiger partial charge is 0.507 e. The van der Waals surface area contributed by atoms with Gasteiger partial charge in [0.2, 0.25) is 0 Å². The molecule has 1 heterocycles. The van der Waals surface area contributed by atoms with Crippen molar-refractivity contribution in [3.63, 3.8) is 0 Å². The lowest BCUT2D eigenvalue weighted by molar-refractivity contribution is 0.481. The second-order valence-electron chi connectivity index (χ2n) is 2.85. The Hall–Kier alpha value is -1.61. The molecule has 0 saturated carbocycles. The Bertz CT molecular complexity index is 440. The molecule has 2 rings (SSSR count). The predicted octanol–water partition coefficient (Wildman–Crippen LogP) is 1.40. The predicted molar refractivity (Wildman–Crippen MR) is 51.3 cm³/mol. The van der Waals surface area contributed by atoms with Crippen LogP contribution in [-0.4, -0.2) is 10.1 Å². The lowest BCUT2D eigenvalue weighted by Gasteiger charge is -2.03. The summed E-state index contributed by atoms with van der Waals surface area (Å²) in [6.45, 7) is 0.438. The van der Waals surface area contributed by atoms with Gasteiger partial charge in [0.05, 0.1) is 5.52 Å². The summed E-state index contributed by atoms with van der Waals surface area (Å²) in [4.78, 5) is 4.17. The summed E-state index contributed by atoms with van der Waals surface area (Å²) < 4.78 is 0. The van der Waals surface area contributed by atoms with Gasteiger partial charge < -0.3 is 10.8 Å². The molecular weight excluding hydrogens is 164 g/mol. The normalized spacial score (nSPS) is 10.5. The standard InChI is InChI=1S/C10H10N2O/c11-6-7-3-4-9(13)8-2-1-5-12-10(7)8/h1-5,13H,6,11H2. The molecule has 1 aromatic heterocycles. The number of hydrogen-bond acceptors (Lipinski definition) is 3. The number of nitrogens with zero attached hydrogens (tertiary/aromatic N) is 1. The molecule has 66 valence electrons. The van der Waals surface area contributed by atoms with E-state index in [1.54, 1.807) is 24.4 Å². The van der Waals surface area contributed by atoms with Crippen molar-refractivity contribution in [3.05, 3.63) is 36.0 Å². The number of hydrogen-bond donors (Lipinski definition) is 2. The molecule has 0 atom stereocenters. The van der Waals surface area contributed by atoms with Crippen molar-refractivity contribution in [2.45, 2.75) is 6.54 Å². The lowest BCUT2D eigenvalue weighted by atomic mass is 10.1. The Kier molecular flexibility index (Phi) is 1.87. The quantitative estimate of drug-likeness (QED) is 0.687. The number of pyridine rings is 1. The lowest BCUT2D eigenvalue weighted by Crippen LogP contribution is -1.97. The molecule has 0 amide bonds. The molecular formula is C10H10N2O. The van der Waals surface area contributed by atoms with Crippen LogP contribution in [0.4, 0.5) is 0 Å². The van der Waals surface area contributed by atoms with E-state index in [0.717, 1.165) is 16.5 Å². The van der Waals surface area contributed by atoms with Gasteiger partial charge in [0.1, 0.15) is 5.75 Å². The van der Waals surface area contributed by atoms with Gasteiger partial charge in [-0.25, -0.2) is 0 Å². The van der Waals surface area contributed by atoms with Crippen LogP contribution < -0.4 is 5.73 Å². The Labute approximate surface area is 75.8 Å². The van der Waals surface area contributed by atoms with Crippen LogP contribution in [0.3, 0.4) is 0 Å². The molecule has 1 aromatic carbocycles. The minimum absolute atomic E-state index is 0.250. The highest BCUT2D eigenvalue weighted by Crippen LogP contribution is 2.25. The summed E-state index contributed by atoms with van der Waals surface area (Å²) in [5.74, 6) is 0.250. The second kappa shape index (κ2) is 3.03. The first-order chi connectivity index (χ1) is 6.33. The van der Waals surface area contributed by atoms with E-state index in [0.29, 0.717) is 6.54 Å². The molecule has 0 bridgehead atoms. The van der Waals surface area contributed by atoms with E-state index in [2.05, 4.69) is 4.98 Å². The van der Waals surface area contributed by atoms with Crippen molar-refractivity contribution in [2.75, 3.05) is 0 Å². The third kappa shape index (κ3) is 1.23. The van der Waals surface area contributed by atoms with E-state index < -0.39 is 0 Å². The van der Waals surface area contributed by atoms with Crippen LogP contribution in [0.5, 0.6) is 5.75 Å². The molecule has 0 radical (unpaired) electrons. The third-order valence-corrected chi connectivity index (χ3v) is 2.05. The fourth-order valence-corrected chi connectivity index (χ4v) is 1.38. The maximum absolute atomic E-state index is 9.51. The first-order valence-electron chi connectivity index (χ1n) is 4.08. The van der Waals surface area contributed by atoms with Crippen molar-refractivity contribution >= 4 is 10.9 Å². The maximum atomic E-state index is 9.51. The molecule has 3 nitrogen and oxygen atoms in total. The highest BCUT2D eigenvalue weighted by atomic mass is 16.3. The molecule has 0 saturated heterocycles. The number of rotatable bonds is 1. The summed E-state index contributed by atoms with van der Waals surface area (Å²) >= 11 is 0. The van der Waals surface area contributed by atoms with Gasteiger partial charge in [-0.1, -0.05) is 6.07 Å². The van der Waals surface area contributed by atoms with Crippen molar-refractivity contribution in [1.82, 2.24) is 4.98 Å². The zero-order chi connectivity index (χ0) is 9.26. The minimum atomic E-state index is 0.250. The van der Waals surface area contributed by atoms with E-state index in [9.17, 15) is 5.11 Å². The van der Waals surface area contributed by atoms with Gasteiger partial charge in [-0.15, -0.1) is 0 Å². The van der Waals surface area contributed by atoms with Crippen LogP contribution >= 0.6 is 0 Å². The van der Waals surface area contributed by atoms with Crippen LogP contribution in [-0.2, 0) is 6.54 Å². The van der Waals surface area contributed by atoms with Gasteiger partial charge in [-0.05, 0) is 23.8 Å². The fraction of sp³-hybridized carbons (Fsp3) is 0.100. The summed E-state index contributed by atoms with van der Waals surface area (Å²) in [7, 11) is 0. The molecule has 3 heteroatoms. The number of benzene rings is 1. The first kappa shape index (κ1) is 8.01. The van der Waals surface area contributed by atoms with Crippen LogP contribution in [0, 0.1) is 0 Å². The molecule has 2 aromatic rings. The van der Waals surface area contributed by atoms with Crippen molar-refractivity contribution in [2.24, 2.45) is 5.73 Å². The van der Waals surface area contributed by atoms with Crippen molar-refractivity contribution in [3.8, 4) is 5.75 Å². The molecule has 0 aliphatic rings. The molecule has 0 spiro atoms. The Morgan fingerprint density at radius 1 is 1.31 bits per heavy atom. The Morgan fingerprint density at radius 3 is 2.92 bits per heavy atom. The third-order valence-electron chi connectivity index (χ3n) is 2.05. The van der Waals surface area contributed by atoms with Gasteiger partial charge in [0.15, 0.2) is 0 Å². The van der Waals surface area contributed by atoms with E-state index in [4.69, 9.17) is 5.73 Å². The van der Waals surface area contributed by atoms with Crippen molar-refractivity contribution in [1.29, 1.82) is 0 Å². The summed E-state index contributed by atoms with van der Waals surface area (Å²) in [5.41, 5.74) is 7.28. The van der Waals surface area contributed by atoms with E-state index >= 15 is 0 Å². The zero-order valence-electron chi connectivity index (χ0n) is 7.07. The number of fused-ring (bicyclic) bond motifs is 1. The molecule has 0 aliphatic heterocycles. The van der Waals surface area contributed by atoms with Gasteiger partial charge >= 0.3 is 0 Å². The fourth-order valence-electron chi connectivity index (χ4n) is 1.38. The van der Waals surface area contributed by atoms with Crippen LogP contribution in [0.1, 0.15) is 5.56 Å². The number of nitrogens with two attached hydrogens (primary N) is 1. The second-order valence-corrected chi connectivity index (χ2v) is 2.85. The van der Waals surface area contributed by atoms with Crippen molar-refractivity contribution < 1.29 is 5.11 Å². The van der Waals surface area contributed by atoms with Gasteiger partial charge in [0.25, 0.3) is 0 Å². The monoisotopic (exact) mass is 174 g/mol. The number of phenols is 1. The van der Waals surface area contributed by atoms with Crippen LogP contribution in [0.15, 0.2) is 30.5 Å². The smallest absolute Gasteiger partial charge is 0.124 e. The molecule has 3 N–H and O–H groups in total. The Balaban J connectivity index is 2.84. The number of phenolic OH excluding ortho intramolecular Hbond substituents is 1. The van der Waals surface area contributed by atoms with Crippen LogP contribution in [0.25, 0.3) is 10.9 Å². The van der Waals surface area contributed by atoms with E-state index in [1.165, 1.54) is 0 Å². The Morgan fingerprint density at radius 2 is 2.15 bits per heavy atom. The van der Waals surface area contributed by atoms with Gasteiger partial charge in [0, 0.05) is 18.1 Å². The highest BCUT2D eigenvalue weighted by molar-refractivity contribution is 5.87. The highest BCUT2D eigenvalue weighted by Gasteiger charge is 2.03. The summed E-state index contributed by atoms with van der Waals surface area (Å²) in [6.07, 6.45) is 1.70. The zero-order valence-corrected chi connectivity index (χ0v) is 7.07. The summed E-state index contributed by atoms with van der Waals surface area (Å²) in [6, 6.07) is 7.07. The number of aromatic hydroxyl groups is 1. The SMILES string of the molecule is NCc1ccc(O)c2cccnc12. The molecule has 0 aliphatic carbocycles. The molecule has 0 fully saturated rings. The maximum Gasteiger partial charge on any atom is 0.124 e. The van der Waals surface area contributed by atoms with E-state index in [-0.39, 0.29) is 5.75 Å². The average molecular weight is 174 g/mol. The van der Waals surface area contributed by atoms with Gasteiger partial charge in [-0.2, -0.15) is 0 Å². The van der Waals surface area contributed by atoms with E-state index in [1.807, 2.05) is 6.07 Å². The number of aromatic nitrogens is 1. The van der Waals surface area contributed by atoms with Crippen LogP contribution in [0.2, 0.25) is 0 Å². The summed E-state index contributed by atoms with van der Waals surface area (Å²) in [5, 5.41) is 10.3. The minimum Gasteiger partial charge on any atom is -0.507 e. The first-order valence-corrected chi connectivity index (χ1v) is 4.08. The topological polar surface area (TPSA) is 59.1 Å².